The summed E-state index contributed by atoms with van der Waals surface area (Å²) in [7, 11) is -3.81. The smallest absolute Gasteiger partial charge is 0.253 e. The number of carbonyl (C=O) groups is 2. The Morgan fingerprint density at radius 1 is 0.879 bits per heavy atom. The van der Waals surface area contributed by atoms with Gasteiger partial charge in [-0.2, -0.15) is 4.31 Å². The number of piperidine rings is 1. The van der Waals surface area contributed by atoms with Crippen molar-refractivity contribution in [3.63, 3.8) is 0 Å². The summed E-state index contributed by atoms with van der Waals surface area (Å²) < 4.78 is 32.7. The molecule has 3 fully saturated rings. The highest BCUT2D eigenvalue weighted by atomic mass is 35.5. The molecule has 0 bridgehead atoms. The molecule has 2 amide bonds. The average Bonchev–Trinajstić information content (AvgIpc) is 3.14. The molecule has 1 aromatic rings. The van der Waals surface area contributed by atoms with Crippen molar-refractivity contribution in [2.45, 2.75) is 43.4 Å². The summed E-state index contributed by atoms with van der Waals surface area (Å²) >= 11 is 6.23. The lowest BCUT2D eigenvalue weighted by Gasteiger charge is -2.34. The molecule has 0 saturated carbocycles. The lowest BCUT2D eigenvalue weighted by Crippen LogP contribution is -2.44. The van der Waals surface area contributed by atoms with Crippen LogP contribution in [0.1, 0.15) is 48.9 Å². The first-order valence-electron chi connectivity index (χ1n) is 11.8. The molecule has 10 heteroatoms. The van der Waals surface area contributed by atoms with Gasteiger partial charge in [0.05, 0.1) is 18.2 Å². The molecular weight excluding hydrogens is 466 g/mol. The molecule has 0 spiro atoms. The van der Waals surface area contributed by atoms with Crippen molar-refractivity contribution in [2.75, 3.05) is 52.5 Å². The molecule has 0 unspecified atom stereocenters. The van der Waals surface area contributed by atoms with Gasteiger partial charge >= 0.3 is 0 Å². The number of benzene rings is 1. The van der Waals surface area contributed by atoms with Crippen LogP contribution in [0, 0.1) is 5.92 Å². The fourth-order valence-electron chi connectivity index (χ4n) is 4.82. The van der Waals surface area contributed by atoms with Crippen LogP contribution < -0.4 is 0 Å². The molecule has 33 heavy (non-hydrogen) atoms. The molecular formula is C23H32ClN3O5S. The van der Waals surface area contributed by atoms with Crippen LogP contribution in [0.15, 0.2) is 23.1 Å². The van der Waals surface area contributed by atoms with Crippen molar-refractivity contribution < 1.29 is 22.7 Å². The molecule has 8 nitrogen and oxygen atoms in total. The minimum atomic E-state index is -3.81. The first kappa shape index (κ1) is 24.4. The number of nitrogens with zero attached hydrogens (tertiary/aromatic N) is 3. The van der Waals surface area contributed by atoms with E-state index in [0.29, 0.717) is 44.7 Å². The van der Waals surface area contributed by atoms with Gasteiger partial charge in [-0.25, -0.2) is 8.42 Å². The maximum Gasteiger partial charge on any atom is 0.253 e. The van der Waals surface area contributed by atoms with Gasteiger partial charge in [0.25, 0.3) is 5.91 Å². The molecule has 0 aliphatic carbocycles. The van der Waals surface area contributed by atoms with E-state index in [9.17, 15) is 18.0 Å². The SMILES string of the molecule is O=C(c1ccc(Cl)c(S(=O)(=O)N2CCOCC2)c1)N1CCC(C(=O)N2CCCCCC2)CC1. The van der Waals surface area contributed by atoms with Crippen molar-refractivity contribution in [3.05, 3.63) is 28.8 Å². The number of morpholine rings is 1. The van der Waals surface area contributed by atoms with Gasteiger partial charge in [-0.05, 0) is 43.9 Å². The molecule has 3 aliphatic heterocycles. The van der Waals surface area contributed by atoms with Crippen molar-refractivity contribution in [1.29, 1.82) is 0 Å². The van der Waals surface area contributed by atoms with E-state index in [1.54, 1.807) is 11.0 Å². The Morgan fingerprint density at radius 2 is 1.52 bits per heavy atom. The molecule has 0 radical (unpaired) electrons. The minimum absolute atomic E-state index is 0.0466. The van der Waals surface area contributed by atoms with Gasteiger partial charge in [0.15, 0.2) is 0 Å². The van der Waals surface area contributed by atoms with Gasteiger partial charge in [0.1, 0.15) is 4.90 Å². The fraction of sp³-hybridized carbons (Fsp3) is 0.652. The van der Waals surface area contributed by atoms with E-state index in [1.807, 2.05) is 4.90 Å². The van der Waals surface area contributed by atoms with Gasteiger partial charge in [-0.15, -0.1) is 0 Å². The van der Waals surface area contributed by atoms with Gasteiger partial charge in [0.2, 0.25) is 15.9 Å². The number of amides is 2. The lowest BCUT2D eigenvalue weighted by molar-refractivity contribution is -0.136. The number of rotatable bonds is 4. The number of carbonyl (C=O) groups excluding carboxylic acids is 2. The summed E-state index contributed by atoms with van der Waals surface area (Å²) in [5, 5.41) is 0.0970. The van der Waals surface area contributed by atoms with E-state index in [4.69, 9.17) is 16.3 Å². The monoisotopic (exact) mass is 497 g/mol. The number of sulfonamides is 1. The third-order valence-corrected chi connectivity index (χ3v) is 9.20. The summed E-state index contributed by atoms with van der Waals surface area (Å²) in [6.07, 6.45) is 5.76. The van der Waals surface area contributed by atoms with Crippen LogP contribution in [-0.4, -0.2) is 86.8 Å². The first-order chi connectivity index (χ1) is 15.9. The summed E-state index contributed by atoms with van der Waals surface area (Å²) in [5.41, 5.74) is 0.295. The van der Waals surface area contributed by atoms with E-state index in [1.165, 1.54) is 29.3 Å². The third kappa shape index (κ3) is 5.53. The van der Waals surface area contributed by atoms with E-state index < -0.39 is 10.0 Å². The van der Waals surface area contributed by atoms with Crippen LogP contribution in [0.4, 0.5) is 0 Å². The van der Waals surface area contributed by atoms with Gasteiger partial charge in [-0.1, -0.05) is 24.4 Å². The molecule has 0 atom stereocenters. The van der Waals surface area contributed by atoms with Crippen LogP contribution in [0.2, 0.25) is 5.02 Å². The predicted octanol–water partition coefficient (Wildman–Crippen LogP) is 2.62. The third-order valence-electron chi connectivity index (χ3n) is 6.82. The van der Waals surface area contributed by atoms with Gasteiger partial charge < -0.3 is 14.5 Å². The second-order valence-electron chi connectivity index (χ2n) is 8.97. The minimum Gasteiger partial charge on any atom is -0.379 e. The molecule has 0 aromatic heterocycles. The Hall–Kier alpha value is -1.68. The van der Waals surface area contributed by atoms with Crippen LogP contribution in [-0.2, 0) is 19.6 Å². The zero-order valence-electron chi connectivity index (χ0n) is 18.9. The molecule has 182 valence electrons. The van der Waals surface area contributed by atoms with Gasteiger partial charge in [-0.3, -0.25) is 9.59 Å². The maximum absolute atomic E-state index is 13.1. The summed E-state index contributed by atoms with van der Waals surface area (Å²) in [4.78, 5) is 29.7. The number of halogens is 1. The zero-order valence-corrected chi connectivity index (χ0v) is 20.5. The molecule has 3 saturated heterocycles. The molecule has 3 aliphatic rings. The first-order valence-corrected chi connectivity index (χ1v) is 13.7. The normalized spacial score (nSPS) is 21.6. The standard InChI is InChI=1S/C23H32ClN3O5S/c24-20-6-5-19(17-21(20)33(30,31)27-13-15-32-16-14-27)23(29)26-11-7-18(8-12-26)22(28)25-9-3-1-2-4-10-25/h5-6,17-18H,1-4,7-16H2. The quantitative estimate of drug-likeness (QED) is 0.638. The molecule has 0 N–H and O–H groups in total. The highest BCUT2D eigenvalue weighted by Gasteiger charge is 2.32. The maximum atomic E-state index is 13.1. The highest BCUT2D eigenvalue weighted by molar-refractivity contribution is 7.89. The fourth-order valence-corrected chi connectivity index (χ4v) is 6.73. The van der Waals surface area contributed by atoms with Crippen molar-refractivity contribution in [1.82, 2.24) is 14.1 Å². The average molecular weight is 498 g/mol. The Kier molecular flexibility index (Phi) is 7.94. The predicted molar refractivity (Wildman–Crippen MR) is 125 cm³/mol. The van der Waals surface area contributed by atoms with Crippen LogP contribution >= 0.6 is 11.6 Å². The molecule has 1 aromatic carbocycles. The Balaban J connectivity index is 1.41. The Labute approximate surface area is 200 Å². The Bertz CT molecular complexity index is 964. The number of hydrogen-bond acceptors (Lipinski definition) is 5. The number of likely N-dealkylation sites (tertiary alicyclic amines) is 2. The second kappa shape index (κ2) is 10.7. The van der Waals surface area contributed by atoms with Crippen LogP contribution in [0.3, 0.4) is 0 Å². The highest BCUT2D eigenvalue weighted by Crippen LogP contribution is 2.28. The number of ether oxygens (including phenoxy) is 1. The van der Waals surface area contributed by atoms with E-state index in [0.717, 1.165) is 25.9 Å². The summed E-state index contributed by atoms with van der Waals surface area (Å²) in [6, 6.07) is 4.42. The summed E-state index contributed by atoms with van der Waals surface area (Å²) in [5.74, 6) is -0.0604. The van der Waals surface area contributed by atoms with Crippen molar-refractivity contribution >= 4 is 33.4 Å². The largest absolute Gasteiger partial charge is 0.379 e. The van der Waals surface area contributed by atoms with E-state index >= 15 is 0 Å². The zero-order chi connectivity index (χ0) is 23.4. The summed E-state index contributed by atoms with van der Waals surface area (Å²) in [6.45, 7) is 3.83. The van der Waals surface area contributed by atoms with Gasteiger partial charge in [0, 0.05) is 50.7 Å². The van der Waals surface area contributed by atoms with Crippen LogP contribution in [0.5, 0.6) is 0 Å². The second-order valence-corrected chi connectivity index (χ2v) is 11.3. The van der Waals surface area contributed by atoms with E-state index in [-0.39, 0.29) is 40.7 Å². The molecule has 4 rings (SSSR count). The Morgan fingerprint density at radius 3 is 2.15 bits per heavy atom. The van der Waals surface area contributed by atoms with Crippen molar-refractivity contribution in [3.8, 4) is 0 Å². The topological polar surface area (TPSA) is 87.2 Å². The molecule has 3 heterocycles. The van der Waals surface area contributed by atoms with Crippen molar-refractivity contribution in [2.24, 2.45) is 5.92 Å². The number of hydrogen-bond donors (Lipinski definition) is 0. The van der Waals surface area contributed by atoms with E-state index in [2.05, 4.69) is 0 Å². The lowest BCUT2D eigenvalue weighted by atomic mass is 9.94. The van der Waals surface area contributed by atoms with Crippen LogP contribution in [0.25, 0.3) is 0 Å².